The van der Waals surface area contributed by atoms with Gasteiger partial charge >= 0.3 is 6.18 Å². The first-order valence-corrected chi connectivity index (χ1v) is 11.3. The Morgan fingerprint density at radius 2 is 1.84 bits per heavy atom. The number of rotatable bonds is 3. The summed E-state index contributed by atoms with van der Waals surface area (Å²) in [5, 5.41) is 5.28. The Balaban J connectivity index is 1.65. The van der Waals surface area contributed by atoms with Gasteiger partial charge in [-0.15, -0.1) is 0 Å². The maximum Gasteiger partial charge on any atom is 0.416 e. The summed E-state index contributed by atoms with van der Waals surface area (Å²) in [5.41, 5.74) is 2.25. The Morgan fingerprint density at radius 1 is 1.03 bits per heavy atom. The monoisotopic (exact) mass is 453 g/mol. The molecule has 0 amide bonds. The van der Waals surface area contributed by atoms with E-state index in [1.54, 1.807) is 0 Å². The molecule has 0 radical (unpaired) electrons. The summed E-state index contributed by atoms with van der Waals surface area (Å²) in [7, 11) is 0. The lowest BCUT2D eigenvalue weighted by Crippen LogP contribution is -2.24. The summed E-state index contributed by atoms with van der Waals surface area (Å²) in [6.45, 7) is 2.23. The van der Waals surface area contributed by atoms with Gasteiger partial charge in [-0.05, 0) is 87.4 Å². The van der Waals surface area contributed by atoms with Crippen LogP contribution in [0.1, 0.15) is 47.9 Å². The van der Waals surface area contributed by atoms with Crippen molar-refractivity contribution in [2.45, 2.75) is 44.7 Å². The fourth-order valence-corrected chi connectivity index (χ4v) is 5.38. The van der Waals surface area contributed by atoms with Crippen molar-refractivity contribution < 1.29 is 13.2 Å². The highest BCUT2D eigenvalue weighted by Crippen LogP contribution is 2.35. The summed E-state index contributed by atoms with van der Waals surface area (Å²) in [5.74, 6) is 0.552. The van der Waals surface area contributed by atoms with Gasteiger partial charge in [-0.1, -0.05) is 48.9 Å². The zero-order valence-corrected chi connectivity index (χ0v) is 18.5. The van der Waals surface area contributed by atoms with Gasteiger partial charge in [0.2, 0.25) is 0 Å². The SMILES string of the molecule is CC1C=c2ccc3c(c2CC1)C(CCc1cnccc1C(F)(F)F)C=c1cc(Cl)ccc1=3. The molecule has 0 spiro atoms. The minimum atomic E-state index is -4.38. The van der Waals surface area contributed by atoms with Crippen molar-refractivity contribution in [2.75, 3.05) is 0 Å². The molecule has 2 unspecified atom stereocenters. The first kappa shape index (κ1) is 21.3. The third-order valence-electron chi connectivity index (χ3n) is 6.70. The van der Waals surface area contributed by atoms with E-state index >= 15 is 0 Å². The Bertz CT molecular complexity index is 1410. The standard InChI is InChI=1S/C27H23ClF3N/c1-16-2-7-23-17(12-16)5-8-24-22-9-6-21(28)14-20(22)13-18(26(23)24)3-4-19-15-32-11-10-25(19)27(29,30)31/h5-6,8-16,18H,2-4,7H2,1H3. The molecule has 0 saturated heterocycles. The van der Waals surface area contributed by atoms with Crippen molar-refractivity contribution >= 4 is 23.8 Å². The number of hydrogen-bond acceptors (Lipinski definition) is 1. The topological polar surface area (TPSA) is 12.9 Å². The number of hydrogen-bond donors (Lipinski definition) is 0. The van der Waals surface area contributed by atoms with Gasteiger partial charge in [-0.25, -0.2) is 0 Å². The van der Waals surface area contributed by atoms with E-state index in [2.05, 4.69) is 36.2 Å². The van der Waals surface area contributed by atoms with Crippen LogP contribution >= 0.6 is 11.6 Å². The lowest BCUT2D eigenvalue weighted by molar-refractivity contribution is -0.138. The smallest absolute Gasteiger partial charge is 0.264 e. The van der Waals surface area contributed by atoms with E-state index in [1.807, 2.05) is 18.2 Å². The highest BCUT2D eigenvalue weighted by atomic mass is 35.5. The molecule has 3 aromatic rings. The zero-order valence-electron chi connectivity index (χ0n) is 17.7. The maximum absolute atomic E-state index is 13.5. The molecular weight excluding hydrogens is 431 g/mol. The van der Waals surface area contributed by atoms with Crippen molar-refractivity contribution in [1.82, 2.24) is 4.98 Å². The number of aromatic nitrogens is 1. The summed E-state index contributed by atoms with van der Waals surface area (Å²) in [6, 6.07) is 11.3. The van der Waals surface area contributed by atoms with Crippen LogP contribution < -0.4 is 10.4 Å². The molecule has 2 aromatic carbocycles. The molecule has 164 valence electrons. The second kappa shape index (κ2) is 8.08. The molecule has 5 rings (SSSR count). The van der Waals surface area contributed by atoms with Crippen molar-refractivity contribution in [1.29, 1.82) is 0 Å². The molecule has 2 aliphatic rings. The molecule has 32 heavy (non-hydrogen) atoms. The largest absolute Gasteiger partial charge is 0.416 e. The van der Waals surface area contributed by atoms with E-state index in [0.29, 0.717) is 23.8 Å². The number of fused-ring (bicyclic) bond motifs is 4. The summed E-state index contributed by atoms with van der Waals surface area (Å²) >= 11 is 6.27. The van der Waals surface area contributed by atoms with Crippen LogP contribution in [0, 0.1) is 16.4 Å². The molecule has 0 saturated carbocycles. The maximum atomic E-state index is 13.5. The van der Waals surface area contributed by atoms with Crippen LogP contribution in [-0.4, -0.2) is 4.98 Å². The van der Waals surface area contributed by atoms with Gasteiger partial charge in [-0.3, -0.25) is 4.98 Å². The quantitative estimate of drug-likeness (QED) is 0.480. The predicted octanol–water partition coefficient (Wildman–Crippen LogP) is 5.91. The normalized spacial score (nSPS) is 19.3. The summed E-state index contributed by atoms with van der Waals surface area (Å²) < 4.78 is 40.5. The van der Waals surface area contributed by atoms with Crippen LogP contribution in [0.4, 0.5) is 13.2 Å². The van der Waals surface area contributed by atoms with Crippen LogP contribution in [0.2, 0.25) is 5.02 Å². The summed E-state index contributed by atoms with van der Waals surface area (Å²) in [6.07, 6.45) is 5.66. The van der Waals surface area contributed by atoms with Gasteiger partial charge in [-0.2, -0.15) is 13.2 Å². The van der Waals surface area contributed by atoms with E-state index in [4.69, 9.17) is 11.6 Å². The predicted molar refractivity (Wildman–Crippen MR) is 122 cm³/mol. The average Bonchev–Trinajstić information content (AvgIpc) is 2.76. The van der Waals surface area contributed by atoms with E-state index in [0.717, 1.165) is 29.3 Å². The third-order valence-corrected chi connectivity index (χ3v) is 6.93. The highest BCUT2D eigenvalue weighted by Gasteiger charge is 2.33. The van der Waals surface area contributed by atoms with E-state index < -0.39 is 11.7 Å². The van der Waals surface area contributed by atoms with Crippen LogP contribution in [0.25, 0.3) is 12.2 Å². The molecule has 0 aliphatic heterocycles. The number of halogens is 4. The van der Waals surface area contributed by atoms with Gasteiger partial charge < -0.3 is 0 Å². The number of nitrogens with zero attached hydrogens (tertiary/aromatic N) is 1. The number of pyridine rings is 1. The van der Waals surface area contributed by atoms with Crippen molar-refractivity contribution in [3.05, 3.63) is 96.9 Å². The van der Waals surface area contributed by atoms with Crippen molar-refractivity contribution in [3.8, 4) is 0 Å². The number of aryl methyl sites for hydroxylation is 1. The Labute approximate surface area is 189 Å². The Hall–Kier alpha value is -2.59. The Kier molecular flexibility index (Phi) is 5.37. The molecule has 1 heterocycles. The molecule has 2 atom stereocenters. The molecular formula is C27H23ClF3N. The first-order valence-electron chi connectivity index (χ1n) is 11.0. The van der Waals surface area contributed by atoms with E-state index in [-0.39, 0.29) is 11.5 Å². The van der Waals surface area contributed by atoms with Crippen molar-refractivity contribution in [3.63, 3.8) is 0 Å². The van der Waals surface area contributed by atoms with Gasteiger partial charge in [0.05, 0.1) is 5.56 Å². The highest BCUT2D eigenvalue weighted by molar-refractivity contribution is 6.30. The van der Waals surface area contributed by atoms with Gasteiger partial charge in [0.1, 0.15) is 0 Å². The fourth-order valence-electron chi connectivity index (χ4n) is 5.20. The molecule has 0 N–H and O–H groups in total. The molecule has 5 heteroatoms. The summed E-state index contributed by atoms with van der Waals surface area (Å²) in [4.78, 5) is 3.96. The molecule has 0 fully saturated rings. The third kappa shape index (κ3) is 3.86. The minimum Gasteiger partial charge on any atom is -0.264 e. The first-order chi connectivity index (χ1) is 15.3. The number of benzene rings is 2. The van der Waals surface area contributed by atoms with Crippen LogP contribution in [0.15, 0.2) is 48.8 Å². The lowest BCUT2D eigenvalue weighted by Gasteiger charge is -2.25. The van der Waals surface area contributed by atoms with E-state index in [1.165, 1.54) is 34.0 Å². The van der Waals surface area contributed by atoms with E-state index in [9.17, 15) is 13.2 Å². The van der Waals surface area contributed by atoms with Gasteiger partial charge in [0.25, 0.3) is 0 Å². The van der Waals surface area contributed by atoms with Gasteiger partial charge in [0, 0.05) is 23.3 Å². The molecule has 2 aliphatic carbocycles. The average molecular weight is 454 g/mol. The second-order valence-corrected chi connectivity index (χ2v) is 9.29. The Morgan fingerprint density at radius 3 is 2.66 bits per heavy atom. The second-order valence-electron chi connectivity index (χ2n) is 8.85. The fraction of sp³-hybridized carbons (Fsp3) is 0.296. The van der Waals surface area contributed by atoms with Crippen LogP contribution in [-0.2, 0) is 19.0 Å². The minimum absolute atomic E-state index is 0.0222. The van der Waals surface area contributed by atoms with Crippen LogP contribution in [0.3, 0.4) is 0 Å². The van der Waals surface area contributed by atoms with Crippen LogP contribution in [0.5, 0.6) is 0 Å². The van der Waals surface area contributed by atoms with Gasteiger partial charge in [0.15, 0.2) is 0 Å². The molecule has 0 bridgehead atoms. The lowest BCUT2D eigenvalue weighted by atomic mass is 9.79. The number of alkyl halides is 3. The molecule has 1 aromatic heterocycles. The zero-order chi connectivity index (χ0) is 22.5. The van der Waals surface area contributed by atoms with Crippen molar-refractivity contribution in [2.24, 2.45) is 5.92 Å². The molecule has 1 nitrogen and oxygen atoms in total.